The summed E-state index contributed by atoms with van der Waals surface area (Å²) in [5, 5.41) is -0.0561. The van der Waals surface area contributed by atoms with Gasteiger partial charge in [-0.3, -0.25) is 4.79 Å². The highest BCUT2D eigenvalue weighted by Gasteiger charge is 2.45. The smallest absolute Gasteiger partial charge is 0.395 e. The molecular formula is C20H13ClF2N2O5S. The molecule has 0 aromatic heterocycles. The molecule has 160 valence electrons. The molecule has 2 aromatic carbocycles. The second kappa shape index (κ2) is 7.47. The van der Waals surface area contributed by atoms with Crippen molar-refractivity contribution in [2.24, 2.45) is 4.99 Å². The molecule has 2 aliphatic heterocycles. The van der Waals surface area contributed by atoms with Crippen LogP contribution in [-0.2, 0) is 14.8 Å². The fourth-order valence-electron chi connectivity index (χ4n) is 3.03. The van der Waals surface area contributed by atoms with Gasteiger partial charge in [-0.25, -0.2) is 18.1 Å². The number of carbonyl (C=O) groups is 1. The molecule has 1 N–H and O–H groups in total. The van der Waals surface area contributed by atoms with E-state index in [0.717, 1.165) is 0 Å². The fourth-order valence-corrected chi connectivity index (χ4v) is 4.51. The number of aliphatic imine (C=N–C) groups is 1. The zero-order valence-corrected chi connectivity index (χ0v) is 17.3. The summed E-state index contributed by atoms with van der Waals surface area (Å²) in [6, 6.07) is 9.87. The Bertz CT molecular complexity index is 1300. The summed E-state index contributed by atoms with van der Waals surface area (Å²) in [6.07, 6.45) is -0.903. The quantitative estimate of drug-likeness (QED) is 0.739. The number of hydrogen-bond acceptors (Lipinski definition) is 6. The van der Waals surface area contributed by atoms with Crippen LogP contribution >= 0.6 is 11.6 Å². The van der Waals surface area contributed by atoms with Gasteiger partial charge in [0.25, 0.3) is 15.9 Å². The van der Waals surface area contributed by atoms with Crippen LogP contribution in [0, 0.1) is 0 Å². The number of para-hydroxylation sites is 1. The van der Waals surface area contributed by atoms with E-state index in [-0.39, 0.29) is 38.4 Å². The highest BCUT2D eigenvalue weighted by atomic mass is 35.5. The Labute approximate surface area is 180 Å². The van der Waals surface area contributed by atoms with Gasteiger partial charge in [-0.2, -0.15) is 0 Å². The topological polar surface area (TPSA) is 94.1 Å². The summed E-state index contributed by atoms with van der Waals surface area (Å²) in [5.74, 6) is -1.42. The van der Waals surface area contributed by atoms with Gasteiger partial charge in [0.1, 0.15) is 10.6 Å². The van der Waals surface area contributed by atoms with Gasteiger partial charge >= 0.3 is 6.29 Å². The van der Waals surface area contributed by atoms with E-state index in [9.17, 15) is 22.0 Å². The first-order valence-electron chi connectivity index (χ1n) is 8.79. The van der Waals surface area contributed by atoms with Crippen LogP contribution in [0.5, 0.6) is 11.5 Å². The molecular weight excluding hydrogens is 454 g/mol. The molecule has 0 saturated heterocycles. The summed E-state index contributed by atoms with van der Waals surface area (Å²) in [5.41, 5.74) is 0.492. The average Bonchev–Trinajstić information content (AvgIpc) is 3.26. The molecule has 0 saturated carbocycles. The highest BCUT2D eigenvalue weighted by molar-refractivity contribution is 7.90. The molecule has 0 atom stereocenters. The number of sulfonamides is 1. The van der Waals surface area contributed by atoms with E-state index >= 15 is 0 Å². The first-order valence-corrected chi connectivity index (χ1v) is 10.7. The second-order valence-electron chi connectivity index (χ2n) is 6.40. The van der Waals surface area contributed by atoms with Gasteiger partial charge in [0.2, 0.25) is 0 Å². The van der Waals surface area contributed by atoms with Gasteiger partial charge in [0.05, 0.1) is 10.7 Å². The number of ether oxygens (including phenoxy) is 2. The number of nitrogens with one attached hydrogen (secondary N) is 1. The third-order valence-electron chi connectivity index (χ3n) is 4.38. The van der Waals surface area contributed by atoms with Crippen molar-refractivity contribution in [2.45, 2.75) is 18.1 Å². The van der Waals surface area contributed by atoms with Crippen LogP contribution in [0.4, 0.5) is 8.78 Å². The van der Waals surface area contributed by atoms with E-state index in [0.29, 0.717) is 5.57 Å². The summed E-state index contributed by atoms with van der Waals surface area (Å²) in [4.78, 5) is 16.5. The standard InChI is InChI=1S/C20H13ClF2N2O5S/c1-2-11-10-14(19(26)25-31(27,28)16-9-4-3-7-13(16)21)24-17(11)12-6-5-8-15-18(12)30-20(22,23)29-15/h2-10H,1H3,(H,25,26)/b11-2+. The SMILES string of the molecule is C/C=C1\C=C(C(=O)NS(=O)(=O)c2ccccc2Cl)N=C1c1cccc2c1OC(F)(F)O2. The highest BCUT2D eigenvalue weighted by Crippen LogP contribution is 2.44. The van der Waals surface area contributed by atoms with Crippen molar-refractivity contribution >= 4 is 33.2 Å². The minimum atomic E-state index is -4.26. The van der Waals surface area contributed by atoms with Crippen molar-refractivity contribution in [3.05, 3.63) is 76.5 Å². The lowest BCUT2D eigenvalue weighted by molar-refractivity contribution is -0.286. The van der Waals surface area contributed by atoms with E-state index in [2.05, 4.69) is 14.5 Å². The van der Waals surface area contributed by atoms with Gasteiger partial charge in [-0.15, -0.1) is 8.78 Å². The second-order valence-corrected chi connectivity index (χ2v) is 8.46. The van der Waals surface area contributed by atoms with E-state index in [1.54, 1.807) is 19.1 Å². The minimum absolute atomic E-state index is 0.0561. The van der Waals surface area contributed by atoms with E-state index in [1.165, 1.54) is 42.5 Å². The number of amides is 1. The third kappa shape index (κ3) is 3.91. The number of halogens is 3. The maximum absolute atomic E-state index is 13.5. The van der Waals surface area contributed by atoms with E-state index < -0.39 is 22.2 Å². The van der Waals surface area contributed by atoms with Crippen LogP contribution in [0.15, 0.2) is 75.8 Å². The van der Waals surface area contributed by atoms with Crippen LogP contribution in [0.1, 0.15) is 12.5 Å². The van der Waals surface area contributed by atoms with Crippen LogP contribution in [-0.4, -0.2) is 26.3 Å². The summed E-state index contributed by atoms with van der Waals surface area (Å²) < 4.78 is 63.0. The lowest BCUT2D eigenvalue weighted by atomic mass is 10.0. The average molecular weight is 467 g/mol. The van der Waals surface area contributed by atoms with Gasteiger partial charge in [0, 0.05) is 5.56 Å². The Kier molecular flexibility index (Phi) is 5.06. The van der Waals surface area contributed by atoms with Gasteiger partial charge in [0.15, 0.2) is 11.5 Å². The van der Waals surface area contributed by atoms with Gasteiger partial charge in [-0.05, 0) is 42.8 Å². The van der Waals surface area contributed by atoms with E-state index in [4.69, 9.17) is 11.6 Å². The third-order valence-corrected chi connectivity index (χ3v) is 6.21. The Morgan fingerprint density at radius 2 is 1.90 bits per heavy atom. The number of rotatable bonds is 4. The molecule has 2 aromatic rings. The monoisotopic (exact) mass is 466 g/mol. The molecule has 0 fully saturated rings. The molecule has 31 heavy (non-hydrogen) atoms. The number of nitrogens with zero attached hydrogens (tertiary/aromatic N) is 1. The van der Waals surface area contributed by atoms with Gasteiger partial charge in [-0.1, -0.05) is 35.9 Å². The Hall–Kier alpha value is -3.24. The predicted octanol–water partition coefficient (Wildman–Crippen LogP) is 3.80. The fraction of sp³-hybridized carbons (Fsp3) is 0.100. The molecule has 0 spiro atoms. The molecule has 11 heteroatoms. The largest absolute Gasteiger partial charge is 0.586 e. The number of fused-ring (bicyclic) bond motifs is 1. The molecule has 0 unspecified atom stereocenters. The molecule has 2 aliphatic rings. The molecule has 0 bridgehead atoms. The lowest BCUT2D eigenvalue weighted by Gasteiger charge is -2.08. The summed E-state index contributed by atoms with van der Waals surface area (Å²) in [6.45, 7) is 1.65. The number of allylic oxidation sites excluding steroid dienone is 3. The van der Waals surface area contributed by atoms with Crippen molar-refractivity contribution in [1.29, 1.82) is 0 Å². The molecule has 0 radical (unpaired) electrons. The van der Waals surface area contributed by atoms with Crippen molar-refractivity contribution < 1.29 is 31.5 Å². The lowest BCUT2D eigenvalue weighted by Crippen LogP contribution is -2.31. The number of hydrogen-bond donors (Lipinski definition) is 1. The van der Waals surface area contributed by atoms with Gasteiger partial charge < -0.3 is 9.47 Å². The Balaban J connectivity index is 1.66. The molecule has 4 rings (SSSR count). The van der Waals surface area contributed by atoms with Crippen molar-refractivity contribution in [3.8, 4) is 11.5 Å². The zero-order valence-electron chi connectivity index (χ0n) is 15.7. The Morgan fingerprint density at radius 3 is 2.61 bits per heavy atom. The Morgan fingerprint density at radius 1 is 1.16 bits per heavy atom. The van der Waals surface area contributed by atoms with Crippen LogP contribution in [0.2, 0.25) is 5.02 Å². The number of alkyl halides is 2. The number of benzene rings is 2. The van der Waals surface area contributed by atoms with Crippen molar-refractivity contribution in [2.75, 3.05) is 0 Å². The molecule has 2 heterocycles. The predicted molar refractivity (Wildman–Crippen MR) is 108 cm³/mol. The summed E-state index contributed by atoms with van der Waals surface area (Å²) >= 11 is 5.91. The maximum Gasteiger partial charge on any atom is 0.586 e. The zero-order chi connectivity index (χ0) is 22.4. The molecule has 7 nitrogen and oxygen atoms in total. The summed E-state index contributed by atoms with van der Waals surface area (Å²) in [7, 11) is -4.26. The van der Waals surface area contributed by atoms with Crippen molar-refractivity contribution in [3.63, 3.8) is 0 Å². The maximum atomic E-state index is 13.5. The van der Waals surface area contributed by atoms with E-state index in [1.807, 2.05) is 4.72 Å². The minimum Gasteiger partial charge on any atom is -0.395 e. The molecule has 1 amide bonds. The van der Waals surface area contributed by atoms with Crippen LogP contribution < -0.4 is 14.2 Å². The first kappa shape index (κ1) is 21.0. The van der Waals surface area contributed by atoms with Crippen molar-refractivity contribution in [1.82, 2.24) is 4.72 Å². The van der Waals surface area contributed by atoms with Crippen LogP contribution in [0.25, 0.3) is 0 Å². The number of carbonyl (C=O) groups excluding carboxylic acids is 1. The van der Waals surface area contributed by atoms with Crippen LogP contribution in [0.3, 0.4) is 0 Å². The normalized spacial score (nSPS) is 18.0. The first-order chi connectivity index (χ1) is 14.6. The molecule has 0 aliphatic carbocycles.